The van der Waals surface area contributed by atoms with Crippen molar-refractivity contribution in [3.63, 3.8) is 0 Å². The van der Waals surface area contributed by atoms with Crippen molar-refractivity contribution < 1.29 is 0 Å². The lowest BCUT2D eigenvalue weighted by Crippen LogP contribution is -1.96. The predicted octanol–water partition coefficient (Wildman–Crippen LogP) is 3.32. The largest absolute Gasteiger partial charge is 0.255 e. The van der Waals surface area contributed by atoms with Gasteiger partial charge < -0.3 is 0 Å². The average Bonchev–Trinajstić information content (AvgIpc) is 2.56. The van der Waals surface area contributed by atoms with Crippen molar-refractivity contribution in [2.24, 2.45) is 0 Å². The first-order chi connectivity index (χ1) is 9.86. The van der Waals surface area contributed by atoms with Gasteiger partial charge in [-0.3, -0.25) is 9.97 Å². The third-order valence-electron chi connectivity index (χ3n) is 2.73. The third-order valence-corrected chi connectivity index (χ3v) is 3.36. The van der Waals surface area contributed by atoms with Crippen LogP contribution >= 0.6 is 11.8 Å². The van der Waals surface area contributed by atoms with E-state index in [0.29, 0.717) is 5.82 Å². The Morgan fingerprint density at radius 3 is 2.10 bits per heavy atom. The molecule has 0 aliphatic rings. The highest BCUT2D eigenvalue weighted by Gasteiger charge is 2.09. The molecule has 0 aliphatic carbocycles. The second-order valence-corrected chi connectivity index (χ2v) is 4.88. The molecule has 0 unspecified atom stereocenters. The number of aromatic nitrogens is 4. The normalized spacial score (nSPS) is 10.4. The van der Waals surface area contributed by atoms with E-state index in [4.69, 9.17) is 0 Å². The van der Waals surface area contributed by atoms with Crippen LogP contribution < -0.4 is 0 Å². The highest BCUT2D eigenvalue weighted by Crippen LogP contribution is 2.23. The molecule has 3 aromatic heterocycles. The Labute approximate surface area is 121 Å². The van der Waals surface area contributed by atoms with Crippen LogP contribution in [0.3, 0.4) is 0 Å². The van der Waals surface area contributed by atoms with Crippen molar-refractivity contribution >= 4 is 11.8 Å². The topological polar surface area (TPSA) is 51.6 Å². The Morgan fingerprint density at radius 1 is 0.800 bits per heavy atom. The van der Waals surface area contributed by atoms with Crippen LogP contribution in [0.2, 0.25) is 0 Å². The molecule has 4 nitrogen and oxygen atoms in total. The minimum Gasteiger partial charge on any atom is -0.255 e. The first-order valence-electron chi connectivity index (χ1n) is 6.13. The molecule has 0 radical (unpaired) electrons. The SMILES string of the molecule is CSc1cc(-c2ccccn2)nc(-c2ccccn2)n1. The summed E-state index contributed by atoms with van der Waals surface area (Å²) >= 11 is 1.58. The van der Waals surface area contributed by atoms with E-state index in [-0.39, 0.29) is 0 Å². The third kappa shape index (κ3) is 2.67. The molecule has 98 valence electrons. The Bertz CT molecular complexity index is 644. The number of nitrogens with zero attached hydrogens (tertiary/aromatic N) is 4. The molecule has 3 heterocycles. The average molecular weight is 280 g/mol. The smallest absolute Gasteiger partial charge is 0.179 e. The molecule has 0 fully saturated rings. The number of thioether (sulfide) groups is 1. The van der Waals surface area contributed by atoms with Crippen LogP contribution in [0.4, 0.5) is 0 Å². The van der Waals surface area contributed by atoms with Gasteiger partial charge in [-0.25, -0.2) is 9.97 Å². The van der Waals surface area contributed by atoms with Crippen molar-refractivity contribution in [3.05, 3.63) is 54.9 Å². The molecule has 0 atom stereocenters. The lowest BCUT2D eigenvalue weighted by molar-refractivity contribution is 1.04. The molecule has 0 spiro atoms. The highest BCUT2D eigenvalue weighted by atomic mass is 32.2. The van der Waals surface area contributed by atoms with Crippen LogP contribution in [-0.4, -0.2) is 26.2 Å². The zero-order valence-corrected chi connectivity index (χ0v) is 11.7. The molecule has 3 rings (SSSR count). The first-order valence-corrected chi connectivity index (χ1v) is 7.35. The molecule has 0 saturated heterocycles. The number of rotatable bonds is 3. The second kappa shape index (κ2) is 5.79. The van der Waals surface area contributed by atoms with Crippen molar-refractivity contribution in [2.75, 3.05) is 6.26 Å². The number of pyridine rings is 2. The maximum absolute atomic E-state index is 4.57. The van der Waals surface area contributed by atoms with Crippen molar-refractivity contribution in [3.8, 4) is 22.9 Å². The van der Waals surface area contributed by atoms with Crippen LogP contribution in [-0.2, 0) is 0 Å². The molecule has 0 aromatic carbocycles. The zero-order chi connectivity index (χ0) is 13.8. The molecule has 0 N–H and O–H groups in total. The minimum absolute atomic E-state index is 0.623. The quantitative estimate of drug-likeness (QED) is 0.544. The first kappa shape index (κ1) is 12.7. The van der Waals surface area contributed by atoms with E-state index in [1.165, 1.54) is 0 Å². The van der Waals surface area contributed by atoms with E-state index in [1.54, 1.807) is 24.2 Å². The monoisotopic (exact) mass is 280 g/mol. The summed E-state index contributed by atoms with van der Waals surface area (Å²) in [5.74, 6) is 0.623. The fourth-order valence-corrected chi connectivity index (χ4v) is 2.19. The number of hydrogen-bond acceptors (Lipinski definition) is 5. The van der Waals surface area contributed by atoms with E-state index in [9.17, 15) is 0 Å². The summed E-state index contributed by atoms with van der Waals surface area (Å²) < 4.78 is 0. The van der Waals surface area contributed by atoms with Gasteiger partial charge in [0.25, 0.3) is 0 Å². The van der Waals surface area contributed by atoms with Crippen LogP contribution in [0.15, 0.2) is 59.9 Å². The van der Waals surface area contributed by atoms with Crippen LogP contribution in [0, 0.1) is 0 Å². The lowest BCUT2D eigenvalue weighted by Gasteiger charge is -2.06. The molecule has 0 saturated carbocycles. The van der Waals surface area contributed by atoms with E-state index >= 15 is 0 Å². The molecule has 3 aromatic rings. The Balaban J connectivity index is 2.13. The van der Waals surface area contributed by atoms with E-state index in [1.807, 2.05) is 48.7 Å². The van der Waals surface area contributed by atoms with Crippen molar-refractivity contribution in [1.29, 1.82) is 0 Å². The summed E-state index contributed by atoms with van der Waals surface area (Å²) in [6, 6.07) is 13.4. The van der Waals surface area contributed by atoms with Crippen LogP contribution in [0.25, 0.3) is 22.9 Å². The second-order valence-electron chi connectivity index (χ2n) is 4.05. The molecule has 20 heavy (non-hydrogen) atoms. The Kier molecular flexibility index (Phi) is 3.69. The van der Waals surface area contributed by atoms with E-state index in [2.05, 4.69) is 19.9 Å². The molecule has 0 aliphatic heterocycles. The maximum Gasteiger partial charge on any atom is 0.179 e. The number of hydrogen-bond donors (Lipinski definition) is 0. The van der Waals surface area contributed by atoms with Gasteiger partial charge in [0.2, 0.25) is 0 Å². The van der Waals surface area contributed by atoms with E-state index in [0.717, 1.165) is 22.1 Å². The Morgan fingerprint density at radius 2 is 1.50 bits per heavy atom. The van der Waals surface area contributed by atoms with E-state index < -0.39 is 0 Å². The minimum atomic E-state index is 0.623. The lowest BCUT2D eigenvalue weighted by atomic mass is 10.2. The van der Waals surface area contributed by atoms with Gasteiger partial charge >= 0.3 is 0 Å². The standard InChI is InChI=1S/C15H12N4S/c1-20-14-10-13(11-6-2-4-8-16-11)18-15(19-14)12-7-3-5-9-17-12/h2-10H,1H3. The summed E-state index contributed by atoms with van der Waals surface area (Å²) in [5.41, 5.74) is 2.41. The van der Waals surface area contributed by atoms with Gasteiger partial charge in [0.15, 0.2) is 5.82 Å². The summed E-state index contributed by atoms with van der Waals surface area (Å²) in [4.78, 5) is 17.7. The van der Waals surface area contributed by atoms with Gasteiger partial charge in [-0.05, 0) is 36.6 Å². The van der Waals surface area contributed by atoms with Gasteiger partial charge in [0.1, 0.15) is 10.7 Å². The summed E-state index contributed by atoms with van der Waals surface area (Å²) in [5, 5.41) is 0.904. The van der Waals surface area contributed by atoms with Gasteiger partial charge in [-0.1, -0.05) is 12.1 Å². The van der Waals surface area contributed by atoms with Crippen LogP contribution in [0.5, 0.6) is 0 Å². The van der Waals surface area contributed by atoms with Gasteiger partial charge in [-0.2, -0.15) is 0 Å². The Hall–Kier alpha value is -2.27. The maximum atomic E-state index is 4.57. The van der Waals surface area contributed by atoms with Crippen molar-refractivity contribution in [2.45, 2.75) is 5.03 Å². The van der Waals surface area contributed by atoms with Gasteiger partial charge in [0.05, 0.1) is 11.4 Å². The summed E-state index contributed by atoms with van der Waals surface area (Å²) in [6.45, 7) is 0. The fourth-order valence-electron chi connectivity index (χ4n) is 1.78. The highest BCUT2D eigenvalue weighted by molar-refractivity contribution is 7.98. The van der Waals surface area contributed by atoms with Crippen LogP contribution in [0.1, 0.15) is 0 Å². The summed E-state index contributed by atoms with van der Waals surface area (Å²) in [6.07, 6.45) is 5.49. The molecule has 0 amide bonds. The van der Waals surface area contributed by atoms with Gasteiger partial charge in [-0.15, -0.1) is 11.8 Å². The van der Waals surface area contributed by atoms with Gasteiger partial charge in [0, 0.05) is 12.4 Å². The summed E-state index contributed by atoms with van der Waals surface area (Å²) in [7, 11) is 0. The fraction of sp³-hybridized carbons (Fsp3) is 0.0667. The van der Waals surface area contributed by atoms with Crippen molar-refractivity contribution in [1.82, 2.24) is 19.9 Å². The predicted molar refractivity (Wildman–Crippen MR) is 80.3 cm³/mol. The molecule has 5 heteroatoms. The molecular weight excluding hydrogens is 268 g/mol. The zero-order valence-electron chi connectivity index (χ0n) is 10.9. The molecule has 0 bridgehead atoms. The molecular formula is C15H12N4S.